The first kappa shape index (κ1) is 18.0. The normalized spacial score (nSPS) is 16.7. The average molecular weight is 368 g/mol. The van der Waals surface area contributed by atoms with Crippen LogP contribution in [-0.2, 0) is 24.2 Å². The highest BCUT2D eigenvalue weighted by molar-refractivity contribution is 6.01. The molecule has 2 aromatic rings. The molecule has 4 nitrogen and oxygen atoms in total. The van der Waals surface area contributed by atoms with Crippen molar-refractivity contribution in [3.8, 4) is 0 Å². The van der Waals surface area contributed by atoms with E-state index in [9.17, 15) is 14.0 Å². The Balaban J connectivity index is 1.68. The number of halogens is 1. The summed E-state index contributed by atoms with van der Waals surface area (Å²) in [5.74, 6) is -0.157. The molecule has 0 saturated heterocycles. The zero-order valence-corrected chi connectivity index (χ0v) is 15.7. The second kappa shape index (κ2) is 7.29. The van der Waals surface area contributed by atoms with Crippen LogP contribution >= 0.6 is 0 Å². The van der Waals surface area contributed by atoms with Crippen LogP contribution < -0.4 is 5.32 Å². The summed E-state index contributed by atoms with van der Waals surface area (Å²) in [5.41, 5.74) is 3.99. The molecule has 0 bridgehead atoms. The number of aromatic nitrogens is 1. The van der Waals surface area contributed by atoms with Gasteiger partial charge in [-0.05, 0) is 50.7 Å². The Morgan fingerprint density at radius 2 is 2.00 bits per heavy atom. The first-order chi connectivity index (χ1) is 13.0. The smallest absolute Gasteiger partial charge is 0.224 e. The van der Waals surface area contributed by atoms with Crippen LogP contribution in [0, 0.1) is 12.7 Å². The van der Waals surface area contributed by atoms with Gasteiger partial charge in [-0.3, -0.25) is 9.59 Å². The molecule has 5 heteroatoms. The fourth-order valence-electron chi connectivity index (χ4n) is 4.21. The highest BCUT2D eigenvalue weighted by Gasteiger charge is 2.30. The lowest BCUT2D eigenvalue weighted by Crippen LogP contribution is -2.40. The molecule has 0 spiro atoms. The van der Waals surface area contributed by atoms with Crippen molar-refractivity contribution in [2.24, 2.45) is 0 Å². The number of nitrogens with one attached hydrogen (secondary N) is 1. The van der Waals surface area contributed by atoms with E-state index in [4.69, 9.17) is 0 Å². The lowest BCUT2D eigenvalue weighted by molar-refractivity contribution is -0.121. The summed E-state index contributed by atoms with van der Waals surface area (Å²) in [6.07, 6.45) is 5.58. The van der Waals surface area contributed by atoms with Crippen molar-refractivity contribution in [2.75, 3.05) is 0 Å². The van der Waals surface area contributed by atoms with E-state index in [2.05, 4.69) is 5.32 Å². The van der Waals surface area contributed by atoms with Crippen LogP contribution in [-0.4, -0.2) is 22.3 Å². The number of Topliss-reactive ketones (excluding diaryl/α,β-unsaturated/α-hetero) is 1. The van der Waals surface area contributed by atoms with Crippen LogP contribution in [0.3, 0.4) is 0 Å². The van der Waals surface area contributed by atoms with Crippen molar-refractivity contribution < 1.29 is 14.0 Å². The van der Waals surface area contributed by atoms with E-state index in [1.54, 1.807) is 12.1 Å². The number of rotatable bonds is 5. The second-order valence-corrected chi connectivity index (χ2v) is 7.71. The number of carbonyl (C=O) groups is 2. The van der Waals surface area contributed by atoms with Crippen molar-refractivity contribution in [1.82, 2.24) is 9.88 Å². The maximum atomic E-state index is 14.2. The summed E-state index contributed by atoms with van der Waals surface area (Å²) < 4.78 is 16.2. The molecule has 2 aliphatic carbocycles. The summed E-state index contributed by atoms with van der Waals surface area (Å²) in [5, 5.41) is 3.06. The van der Waals surface area contributed by atoms with Crippen molar-refractivity contribution in [2.45, 2.75) is 64.5 Å². The molecule has 0 atom stereocenters. The van der Waals surface area contributed by atoms with Gasteiger partial charge in [0.05, 0.1) is 13.0 Å². The molecular formula is C22H25FN2O2. The zero-order valence-electron chi connectivity index (χ0n) is 15.7. The number of benzene rings is 1. The number of ketones is 1. The molecule has 1 saturated carbocycles. The molecule has 1 aromatic carbocycles. The van der Waals surface area contributed by atoms with Crippen LogP contribution in [0.15, 0.2) is 24.3 Å². The Kier molecular flexibility index (Phi) is 4.85. The van der Waals surface area contributed by atoms with Gasteiger partial charge in [0.1, 0.15) is 5.82 Å². The highest BCUT2D eigenvalue weighted by atomic mass is 19.1. The monoisotopic (exact) mass is 368 g/mol. The molecule has 1 aromatic heterocycles. The minimum absolute atomic E-state index is 0.0213. The summed E-state index contributed by atoms with van der Waals surface area (Å²) >= 11 is 0. The van der Waals surface area contributed by atoms with Crippen LogP contribution in [0.25, 0.3) is 0 Å². The number of nitrogens with zero attached hydrogens (tertiary/aromatic N) is 1. The highest BCUT2D eigenvalue weighted by Crippen LogP contribution is 2.31. The van der Waals surface area contributed by atoms with Crippen LogP contribution in [0.4, 0.5) is 4.39 Å². The predicted octanol–water partition coefficient (Wildman–Crippen LogP) is 3.71. The summed E-state index contributed by atoms with van der Waals surface area (Å²) in [7, 11) is 0. The van der Waals surface area contributed by atoms with Crippen molar-refractivity contribution >= 4 is 11.7 Å². The molecule has 0 aliphatic heterocycles. The Morgan fingerprint density at radius 1 is 1.22 bits per heavy atom. The van der Waals surface area contributed by atoms with Gasteiger partial charge in [0.2, 0.25) is 5.91 Å². The minimum Gasteiger partial charge on any atom is -0.353 e. The molecule has 27 heavy (non-hydrogen) atoms. The number of fused-ring (bicyclic) bond motifs is 1. The van der Waals surface area contributed by atoms with Gasteiger partial charge in [-0.15, -0.1) is 0 Å². The third kappa shape index (κ3) is 3.43. The average Bonchev–Trinajstić information content (AvgIpc) is 2.87. The van der Waals surface area contributed by atoms with E-state index in [-0.39, 0.29) is 30.0 Å². The molecule has 2 aliphatic rings. The van der Waals surface area contributed by atoms with Gasteiger partial charge in [0.15, 0.2) is 5.78 Å². The summed E-state index contributed by atoms with van der Waals surface area (Å²) in [4.78, 5) is 25.1. The molecular weight excluding hydrogens is 343 g/mol. The first-order valence-corrected chi connectivity index (χ1v) is 9.81. The summed E-state index contributed by atoms with van der Waals surface area (Å²) in [6.45, 7) is 2.33. The molecule has 0 unspecified atom stereocenters. The summed E-state index contributed by atoms with van der Waals surface area (Å²) in [6, 6.07) is 7.01. The van der Waals surface area contributed by atoms with Crippen molar-refractivity contribution in [3.05, 3.63) is 58.2 Å². The maximum absolute atomic E-state index is 14.2. The third-order valence-electron chi connectivity index (χ3n) is 5.95. The number of amides is 1. The fourth-order valence-corrected chi connectivity index (χ4v) is 4.21. The quantitative estimate of drug-likeness (QED) is 0.875. The molecule has 4 rings (SSSR count). The van der Waals surface area contributed by atoms with Gasteiger partial charge < -0.3 is 9.88 Å². The molecule has 1 heterocycles. The molecule has 1 N–H and O–H groups in total. The van der Waals surface area contributed by atoms with Crippen LogP contribution in [0.1, 0.15) is 65.0 Å². The van der Waals surface area contributed by atoms with Gasteiger partial charge in [0.25, 0.3) is 0 Å². The Bertz CT molecular complexity index is 896. The van der Waals surface area contributed by atoms with E-state index >= 15 is 0 Å². The topological polar surface area (TPSA) is 51.1 Å². The first-order valence-electron chi connectivity index (χ1n) is 9.81. The van der Waals surface area contributed by atoms with Gasteiger partial charge in [0, 0.05) is 35.0 Å². The van der Waals surface area contributed by atoms with E-state index in [1.807, 2.05) is 17.6 Å². The minimum atomic E-state index is -0.245. The van der Waals surface area contributed by atoms with Crippen molar-refractivity contribution in [3.63, 3.8) is 0 Å². The standard InChI is InChI=1S/C22H25FN2O2/c1-14-17(12-21(27)24-16-7-4-8-16)22-19(10-5-11-20(22)26)25(14)13-15-6-2-3-9-18(15)23/h2-3,6,9,16H,4-5,7-8,10-13H2,1H3,(H,24,27). The largest absolute Gasteiger partial charge is 0.353 e. The SMILES string of the molecule is Cc1c(CC(=O)NC2CCC2)c2c(n1Cc1ccccc1F)CCCC2=O. The Hall–Kier alpha value is -2.43. The van der Waals surface area contributed by atoms with Gasteiger partial charge in [-0.2, -0.15) is 0 Å². The molecule has 1 fully saturated rings. The third-order valence-corrected chi connectivity index (χ3v) is 5.95. The maximum Gasteiger partial charge on any atom is 0.224 e. The Morgan fingerprint density at radius 3 is 2.70 bits per heavy atom. The van der Waals surface area contributed by atoms with Gasteiger partial charge in [-0.25, -0.2) is 4.39 Å². The van der Waals surface area contributed by atoms with Crippen molar-refractivity contribution in [1.29, 1.82) is 0 Å². The van der Waals surface area contributed by atoms with E-state index in [1.165, 1.54) is 6.07 Å². The number of hydrogen-bond donors (Lipinski definition) is 1. The zero-order chi connectivity index (χ0) is 19.0. The second-order valence-electron chi connectivity index (χ2n) is 7.71. The van der Waals surface area contributed by atoms with E-state index in [0.717, 1.165) is 49.1 Å². The van der Waals surface area contributed by atoms with Crippen LogP contribution in [0.5, 0.6) is 0 Å². The van der Waals surface area contributed by atoms with E-state index in [0.29, 0.717) is 24.1 Å². The predicted molar refractivity (Wildman–Crippen MR) is 101 cm³/mol. The van der Waals surface area contributed by atoms with Crippen LogP contribution in [0.2, 0.25) is 0 Å². The molecule has 0 radical (unpaired) electrons. The van der Waals surface area contributed by atoms with Gasteiger partial charge in [-0.1, -0.05) is 18.2 Å². The lowest BCUT2D eigenvalue weighted by Gasteiger charge is -2.26. The molecule has 1 amide bonds. The fraction of sp³-hybridized carbons (Fsp3) is 0.455. The molecule has 142 valence electrons. The number of hydrogen-bond acceptors (Lipinski definition) is 2. The van der Waals surface area contributed by atoms with Gasteiger partial charge >= 0.3 is 0 Å². The number of carbonyl (C=O) groups excluding carboxylic acids is 2. The van der Waals surface area contributed by atoms with E-state index < -0.39 is 0 Å². The Labute approximate surface area is 158 Å². The lowest BCUT2D eigenvalue weighted by atomic mass is 9.91.